The minimum Gasteiger partial charge on any atom is -0.421 e. The molecule has 1 rings (SSSR count). The number of ether oxygens (including phenoxy) is 1. The molecule has 0 amide bonds. The van der Waals surface area contributed by atoms with E-state index in [9.17, 15) is 43.2 Å². The first kappa shape index (κ1) is 25.4. The van der Waals surface area contributed by atoms with Gasteiger partial charge in [-0.15, -0.1) is 0 Å². The van der Waals surface area contributed by atoms with Gasteiger partial charge < -0.3 is 13.3 Å². The number of methoxy groups -OCH3 is 1. The zero-order valence-electron chi connectivity index (χ0n) is 14.1. The smallest absolute Gasteiger partial charge is 0.421 e. The number of hydrogen-bond donors (Lipinski definition) is 0. The lowest BCUT2D eigenvalue weighted by molar-refractivity contribution is -0.956. The zero-order valence-corrected chi connectivity index (χ0v) is 15.8. The molecule has 26 heavy (non-hydrogen) atoms. The molecule has 1 unspecified atom stereocenters. The Morgan fingerprint density at radius 1 is 0.885 bits per heavy atom. The highest BCUT2D eigenvalue weighted by Gasteiger charge is 2.46. The Labute approximate surface area is 148 Å². The van der Waals surface area contributed by atoms with Gasteiger partial charge in [-0.2, -0.15) is 26.3 Å². The zero-order chi connectivity index (χ0) is 21.0. The summed E-state index contributed by atoms with van der Waals surface area (Å²) in [6.07, 6.45) is 4.51. The van der Waals surface area contributed by atoms with Gasteiger partial charge in [0.25, 0.3) is 0 Å². The SMILES string of the molecule is COC(C)[N+]1(C)CCCCC1.O=S(=O)([N-]S(=O)(=O)C(F)(F)F)C(F)(F)F. The molecule has 0 bridgehead atoms. The molecule has 1 heterocycles. The molecule has 1 aliphatic rings. The molecule has 0 aromatic heterocycles. The van der Waals surface area contributed by atoms with Crippen LogP contribution >= 0.6 is 0 Å². The van der Waals surface area contributed by atoms with E-state index in [0.717, 1.165) is 8.61 Å². The van der Waals surface area contributed by atoms with Crippen LogP contribution in [0.3, 0.4) is 0 Å². The molecule has 1 aliphatic heterocycles. The van der Waals surface area contributed by atoms with Crippen molar-refractivity contribution in [2.75, 3.05) is 27.2 Å². The van der Waals surface area contributed by atoms with Gasteiger partial charge in [0.15, 0.2) is 26.3 Å². The van der Waals surface area contributed by atoms with Crippen molar-refractivity contribution in [1.82, 2.24) is 0 Å². The molecule has 15 heteroatoms. The van der Waals surface area contributed by atoms with Crippen molar-refractivity contribution < 1.29 is 52.4 Å². The van der Waals surface area contributed by atoms with Crippen LogP contribution in [0.5, 0.6) is 0 Å². The van der Waals surface area contributed by atoms with Crippen molar-refractivity contribution in [3.8, 4) is 0 Å². The molecule has 0 radical (unpaired) electrons. The number of quaternary nitrogens is 1. The van der Waals surface area contributed by atoms with Gasteiger partial charge in [-0.05, 0) is 19.3 Å². The van der Waals surface area contributed by atoms with Gasteiger partial charge in [0.05, 0.1) is 20.1 Å². The van der Waals surface area contributed by atoms with Gasteiger partial charge in [-0.3, -0.25) is 0 Å². The lowest BCUT2D eigenvalue weighted by atomic mass is 10.1. The minimum atomic E-state index is -6.72. The minimum absolute atomic E-state index is 0.371. The Hall–Kier alpha value is -0.640. The van der Waals surface area contributed by atoms with E-state index in [1.54, 1.807) is 0 Å². The fraction of sp³-hybridized carbons (Fsp3) is 1.00. The van der Waals surface area contributed by atoms with E-state index in [-0.39, 0.29) is 0 Å². The quantitative estimate of drug-likeness (QED) is 0.497. The highest BCUT2D eigenvalue weighted by Crippen LogP contribution is 2.36. The van der Waals surface area contributed by atoms with Crippen LogP contribution in [0.15, 0.2) is 0 Å². The third-order valence-corrected chi connectivity index (χ3v) is 6.58. The number of rotatable bonds is 4. The fourth-order valence-corrected chi connectivity index (χ4v) is 3.78. The number of alkyl halides is 6. The summed E-state index contributed by atoms with van der Waals surface area (Å²) in [7, 11) is -9.34. The highest BCUT2D eigenvalue weighted by atomic mass is 32.3. The van der Waals surface area contributed by atoms with Crippen molar-refractivity contribution in [2.24, 2.45) is 0 Å². The van der Waals surface area contributed by atoms with Gasteiger partial charge >= 0.3 is 11.0 Å². The van der Waals surface area contributed by atoms with Crippen molar-refractivity contribution >= 4 is 20.0 Å². The van der Waals surface area contributed by atoms with E-state index in [1.165, 1.54) is 32.4 Å². The standard InChI is InChI=1S/C9H20NO.C2F6NO4S2/c1-9(11-3)10(2)7-5-4-6-8-10;3-1(4,5)14(10,11)9-15(12,13)2(6,7)8/h9H,4-8H2,1-3H3;/q+1;-1. The summed E-state index contributed by atoms with van der Waals surface area (Å²) in [4.78, 5) is 0. The van der Waals surface area contributed by atoms with Gasteiger partial charge in [-0.25, -0.2) is 16.8 Å². The number of hydrogen-bond acceptors (Lipinski definition) is 5. The van der Waals surface area contributed by atoms with Crippen LogP contribution in [0, 0.1) is 0 Å². The van der Waals surface area contributed by atoms with Gasteiger partial charge in [0, 0.05) is 14.0 Å². The third kappa shape index (κ3) is 6.83. The van der Waals surface area contributed by atoms with Crippen LogP contribution in [0.4, 0.5) is 26.3 Å². The van der Waals surface area contributed by atoms with E-state index in [4.69, 9.17) is 4.74 Å². The molecular formula is C11H20F6N2O5S2. The molecule has 0 aliphatic carbocycles. The van der Waals surface area contributed by atoms with Crippen molar-refractivity contribution in [3.05, 3.63) is 4.13 Å². The summed E-state index contributed by atoms with van der Waals surface area (Å²) >= 11 is 0. The van der Waals surface area contributed by atoms with E-state index in [1.807, 2.05) is 7.11 Å². The topological polar surface area (TPSA) is 91.6 Å². The largest absolute Gasteiger partial charge is 0.480 e. The van der Waals surface area contributed by atoms with Crippen molar-refractivity contribution in [3.63, 3.8) is 0 Å². The van der Waals surface area contributed by atoms with Crippen LogP contribution in [0.25, 0.3) is 4.13 Å². The number of sulfonamides is 2. The molecule has 0 saturated carbocycles. The van der Waals surface area contributed by atoms with Gasteiger partial charge in [-0.1, -0.05) is 0 Å². The molecule has 158 valence electrons. The Morgan fingerprint density at radius 2 is 1.23 bits per heavy atom. The van der Waals surface area contributed by atoms with Gasteiger partial charge in [0.1, 0.15) is 0 Å². The molecule has 0 aromatic carbocycles. The number of nitrogens with zero attached hydrogens (tertiary/aromatic N) is 2. The first-order chi connectivity index (χ1) is 11.4. The molecule has 1 fully saturated rings. The molecular weight excluding hydrogens is 418 g/mol. The second-order valence-corrected chi connectivity index (χ2v) is 9.16. The van der Waals surface area contributed by atoms with Crippen LogP contribution in [-0.2, 0) is 24.8 Å². The summed E-state index contributed by atoms with van der Waals surface area (Å²) in [6.45, 7) is 4.75. The van der Waals surface area contributed by atoms with Gasteiger partial charge in [0.2, 0.25) is 0 Å². The predicted octanol–water partition coefficient (Wildman–Crippen LogP) is 2.67. The van der Waals surface area contributed by atoms with Crippen LogP contribution in [0.2, 0.25) is 0 Å². The predicted molar refractivity (Wildman–Crippen MR) is 79.5 cm³/mol. The Bertz CT molecular complexity index is 612. The fourth-order valence-electron chi connectivity index (χ4n) is 2.07. The summed E-state index contributed by atoms with van der Waals surface area (Å²) < 4.78 is 116. The lowest BCUT2D eigenvalue weighted by Gasteiger charge is -2.41. The molecule has 1 atom stereocenters. The summed E-state index contributed by atoms with van der Waals surface area (Å²) in [6, 6.07) is 0. The maximum atomic E-state index is 11.4. The molecule has 7 nitrogen and oxygen atoms in total. The maximum absolute atomic E-state index is 11.4. The van der Waals surface area contributed by atoms with E-state index in [2.05, 4.69) is 14.0 Å². The van der Waals surface area contributed by atoms with Crippen LogP contribution in [0.1, 0.15) is 26.2 Å². The number of halogens is 6. The Kier molecular flexibility index (Phi) is 8.37. The first-order valence-electron chi connectivity index (χ1n) is 7.13. The van der Waals surface area contributed by atoms with Crippen molar-refractivity contribution in [2.45, 2.75) is 43.4 Å². The van der Waals surface area contributed by atoms with Crippen LogP contribution < -0.4 is 0 Å². The second-order valence-electron chi connectivity index (χ2n) is 5.74. The van der Waals surface area contributed by atoms with Crippen LogP contribution in [-0.4, -0.2) is 65.8 Å². The highest BCUT2D eigenvalue weighted by molar-refractivity contribution is 8.13. The molecule has 0 N–H and O–H groups in total. The Balaban J connectivity index is 0.000000502. The number of likely N-dealkylation sites (tertiary alicyclic amines) is 1. The third-order valence-electron chi connectivity index (χ3n) is 3.84. The monoisotopic (exact) mass is 438 g/mol. The molecule has 0 spiro atoms. The average Bonchev–Trinajstić information content (AvgIpc) is 2.44. The molecule has 0 aromatic rings. The normalized spacial score (nSPS) is 20.0. The lowest BCUT2D eigenvalue weighted by Crippen LogP contribution is -2.54. The van der Waals surface area contributed by atoms with E-state index < -0.39 is 31.1 Å². The van der Waals surface area contributed by atoms with Crippen molar-refractivity contribution in [1.29, 1.82) is 0 Å². The number of piperidine rings is 1. The molecule has 1 saturated heterocycles. The summed E-state index contributed by atoms with van der Waals surface area (Å²) in [5, 5.41) is 0. The summed E-state index contributed by atoms with van der Waals surface area (Å²) in [5.74, 6) is 0. The summed E-state index contributed by atoms with van der Waals surface area (Å²) in [5.41, 5.74) is -12.4. The average molecular weight is 438 g/mol. The van der Waals surface area contributed by atoms with E-state index in [0.29, 0.717) is 6.23 Å². The maximum Gasteiger partial charge on any atom is 0.480 e. The Morgan fingerprint density at radius 3 is 1.50 bits per heavy atom. The second kappa shape index (κ2) is 8.58. The first-order valence-corrected chi connectivity index (χ1v) is 10.0. The van der Waals surface area contributed by atoms with E-state index >= 15 is 0 Å².